The van der Waals surface area contributed by atoms with E-state index in [0.29, 0.717) is 0 Å². The fourth-order valence-corrected chi connectivity index (χ4v) is 1.79. The lowest BCUT2D eigenvalue weighted by atomic mass is 10.2. The number of β-amino-alcohol motifs (C(OH)–C–C–N with tert-alkyl or cyclic N) is 1. The van der Waals surface area contributed by atoms with Gasteiger partial charge in [0.1, 0.15) is 6.04 Å². The number of aliphatic hydroxyl groups excluding tert-OH is 1. The molecule has 2 heterocycles. The Morgan fingerprint density at radius 2 is 2.24 bits per heavy atom. The SMILES string of the molecule is Nc1nc(N2CC(O)CC2C(=O)O)nnc1Cl. The number of rotatable bonds is 2. The molecule has 2 rings (SSSR count). The summed E-state index contributed by atoms with van der Waals surface area (Å²) < 4.78 is 0. The molecular formula is C8H10ClN5O3. The van der Waals surface area contributed by atoms with Gasteiger partial charge in [0.15, 0.2) is 11.0 Å². The molecule has 0 radical (unpaired) electrons. The number of carboxylic acid groups (broad SMARTS) is 1. The highest BCUT2D eigenvalue weighted by Gasteiger charge is 2.37. The van der Waals surface area contributed by atoms with Gasteiger partial charge in [0.25, 0.3) is 0 Å². The fraction of sp³-hybridized carbons (Fsp3) is 0.500. The summed E-state index contributed by atoms with van der Waals surface area (Å²) in [6, 6.07) is -0.882. The van der Waals surface area contributed by atoms with Gasteiger partial charge in [0.05, 0.1) is 6.10 Å². The first-order valence-electron chi connectivity index (χ1n) is 4.82. The molecule has 1 aliphatic heterocycles. The molecule has 0 aromatic carbocycles. The van der Waals surface area contributed by atoms with Gasteiger partial charge in [-0.25, -0.2) is 4.79 Å². The van der Waals surface area contributed by atoms with E-state index in [4.69, 9.17) is 22.4 Å². The van der Waals surface area contributed by atoms with E-state index in [9.17, 15) is 9.90 Å². The smallest absolute Gasteiger partial charge is 0.326 e. The normalized spacial score (nSPS) is 24.0. The number of nitrogens with two attached hydrogens (primary N) is 1. The number of anilines is 2. The van der Waals surface area contributed by atoms with E-state index in [2.05, 4.69) is 15.2 Å². The van der Waals surface area contributed by atoms with E-state index < -0.39 is 18.1 Å². The Hall–Kier alpha value is -1.67. The van der Waals surface area contributed by atoms with Crippen molar-refractivity contribution in [2.45, 2.75) is 18.6 Å². The maximum atomic E-state index is 11.0. The zero-order valence-corrected chi connectivity index (χ0v) is 9.37. The van der Waals surface area contributed by atoms with E-state index in [1.54, 1.807) is 0 Å². The van der Waals surface area contributed by atoms with Gasteiger partial charge in [-0.1, -0.05) is 11.6 Å². The van der Waals surface area contributed by atoms with E-state index in [-0.39, 0.29) is 29.9 Å². The van der Waals surface area contributed by atoms with Crippen molar-refractivity contribution in [1.29, 1.82) is 0 Å². The molecule has 9 heteroatoms. The van der Waals surface area contributed by atoms with Crippen LogP contribution in [0.2, 0.25) is 5.15 Å². The minimum absolute atomic E-state index is 0.0257. The second-order valence-electron chi connectivity index (χ2n) is 3.68. The Morgan fingerprint density at radius 3 is 2.82 bits per heavy atom. The molecule has 1 saturated heterocycles. The second-order valence-corrected chi connectivity index (χ2v) is 4.04. The molecule has 0 amide bonds. The maximum Gasteiger partial charge on any atom is 0.326 e. The molecule has 1 fully saturated rings. The quantitative estimate of drug-likeness (QED) is 0.626. The minimum atomic E-state index is -1.06. The van der Waals surface area contributed by atoms with Crippen LogP contribution in [-0.4, -0.2) is 50.1 Å². The van der Waals surface area contributed by atoms with Crippen molar-refractivity contribution < 1.29 is 15.0 Å². The average molecular weight is 260 g/mol. The summed E-state index contributed by atoms with van der Waals surface area (Å²) in [5, 5.41) is 25.6. The third-order valence-electron chi connectivity index (χ3n) is 2.48. The lowest BCUT2D eigenvalue weighted by molar-refractivity contribution is -0.138. The van der Waals surface area contributed by atoms with Gasteiger partial charge in [-0.15, -0.1) is 10.2 Å². The van der Waals surface area contributed by atoms with Crippen LogP contribution in [0, 0.1) is 0 Å². The van der Waals surface area contributed by atoms with Crippen molar-refractivity contribution in [2.75, 3.05) is 17.2 Å². The summed E-state index contributed by atoms with van der Waals surface area (Å²) in [6.45, 7) is 0.125. The van der Waals surface area contributed by atoms with Crippen molar-refractivity contribution in [3.63, 3.8) is 0 Å². The topological polar surface area (TPSA) is 125 Å². The van der Waals surface area contributed by atoms with Crippen LogP contribution in [-0.2, 0) is 4.79 Å². The predicted molar refractivity (Wildman–Crippen MR) is 58.6 cm³/mol. The largest absolute Gasteiger partial charge is 0.480 e. The van der Waals surface area contributed by atoms with Crippen molar-refractivity contribution in [3.05, 3.63) is 5.15 Å². The van der Waals surface area contributed by atoms with E-state index in [0.717, 1.165) is 0 Å². The first kappa shape index (κ1) is 11.8. The summed E-state index contributed by atoms with van der Waals surface area (Å²) in [4.78, 5) is 16.2. The number of aromatic nitrogens is 3. The Bertz CT molecular complexity index is 457. The van der Waals surface area contributed by atoms with Gasteiger partial charge < -0.3 is 20.8 Å². The second kappa shape index (κ2) is 4.30. The molecule has 1 aromatic rings. The summed E-state index contributed by atoms with van der Waals surface area (Å²) in [5.74, 6) is -1.03. The predicted octanol–water partition coefficient (Wildman–Crippen LogP) is -0.869. The number of hydrogen-bond acceptors (Lipinski definition) is 7. The molecule has 0 spiro atoms. The van der Waals surface area contributed by atoms with Gasteiger partial charge in [0.2, 0.25) is 5.95 Å². The number of halogens is 1. The van der Waals surface area contributed by atoms with Gasteiger partial charge >= 0.3 is 5.97 Å². The minimum Gasteiger partial charge on any atom is -0.480 e. The molecule has 17 heavy (non-hydrogen) atoms. The first-order valence-corrected chi connectivity index (χ1v) is 5.20. The van der Waals surface area contributed by atoms with Crippen molar-refractivity contribution in [2.24, 2.45) is 0 Å². The highest BCUT2D eigenvalue weighted by atomic mass is 35.5. The van der Waals surface area contributed by atoms with Crippen LogP contribution in [0.15, 0.2) is 0 Å². The summed E-state index contributed by atoms with van der Waals surface area (Å²) in [5.41, 5.74) is 5.46. The Labute approximate surface area is 101 Å². The first-order chi connectivity index (χ1) is 7.99. The van der Waals surface area contributed by atoms with Crippen LogP contribution < -0.4 is 10.6 Å². The third-order valence-corrected chi connectivity index (χ3v) is 2.75. The highest BCUT2D eigenvalue weighted by molar-refractivity contribution is 6.31. The number of carbonyl (C=O) groups is 1. The summed E-state index contributed by atoms with van der Waals surface area (Å²) in [7, 11) is 0. The zero-order chi connectivity index (χ0) is 12.6. The van der Waals surface area contributed by atoms with Crippen LogP contribution in [0.3, 0.4) is 0 Å². The molecule has 8 nitrogen and oxygen atoms in total. The molecule has 0 bridgehead atoms. The van der Waals surface area contributed by atoms with Crippen molar-refractivity contribution in [1.82, 2.24) is 15.2 Å². The number of carboxylic acids is 1. The number of aliphatic hydroxyl groups is 1. The highest BCUT2D eigenvalue weighted by Crippen LogP contribution is 2.24. The number of nitrogen functional groups attached to an aromatic ring is 1. The van der Waals surface area contributed by atoms with E-state index in [1.165, 1.54) is 4.90 Å². The molecule has 2 unspecified atom stereocenters. The molecular weight excluding hydrogens is 250 g/mol. The average Bonchev–Trinajstić information content (AvgIpc) is 2.64. The lowest BCUT2D eigenvalue weighted by Gasteiger charge is -2.20. The fourth-order valence-electron chi connectivity index (χ4n) is 1.71. The standard InChI is InChI=1S/C8H10ClN5O3/c9-5-6(10)11-8(13-12-5)14-2-3(15)1-4(14)7(16)17/h3-4,15H,1-2H2,(H,16,17)(H2,10,11,13). The maximum absolute atomic E-state index is 11.0. The van der Waals surface area contributed by atoms with Crippen LogP contribution in [0.1, 0.15) is 6.42 Å². The van der Waals surface area contributed by atoms with Crippen LogP contribution >= 0.6 is 11.6 Å². The number of aliphatic carboxylic acids is 1. The van der Waals surface area contributed by atoms with E-state index in [1.807, 2.05) is 0 Å². The number of nitrogens with zero attached hydrogens (tertiary/aromatic N) is 4. The molecule has 4 N–H and O–H groups in total. The van der Waals surface area contributed by atoms with Crippen molar-refractivity contribution >= 4 is 29.3 Å². The Kier molecular flexibility index (Phi) is 2.99. The van der Waals surface area contributed by atoms with Crippen molar-refractivity contribution in [3.8, 4) is 0 Å². The van der Waals surface area contributed by atoms with Gasteiger partial charge in [-0.2, -0.15) is 4.98 Å². The van der Waals surface area contributed by atoms with Crippen LogP contribution in [0.25, 0.3) is 0 Å². The molecule has 2 atom stereocenters. The lowest BCUT2D eigenvalue weighted by Crippen LogP contribution is -2.37. The zero-order valence-electron chi connectivity index (χ0n) is 8.62. The molecule has 92 valence electrons. The van der Waals surface area contributed by atoms with Crippen LogP contribution in [0.5, 0.6) is 0 Å². The van der Waals surface area contributed by atoms with Gasteiger partial charge in [-0.05, 0) is 0 Å². The van der Waals surface area contributed by atoms with Gasteiger partial charge in [-0.3, -0.25) is 0 Å². The monoisotopic (exact) mass is 259 g/mol. The summed E-state index contributed by atoms with van der Waals surface area (Å²) in [6.07, 6.45) is -0.627. The molecule has 1 aromatic heterocycles. The molecule has 0 aliphatic carbocycles. The Morgan fingerprint density at radius 1 is 1.53 bits per heavy atom. The van der Waals surface area contributed by atoms with E-state index >= 15 is 0 Å². The molecule has 0 saturated carbocycles. The van der Waals surface area contributed by atoms with Crippen LogP contribution in [0.4, 0.5) is 11.8 Å². The van der Waals surface area contributed by atoms with Gasteiger partial charge in [0, 0.05) is 13.0 Å². The third kappa shape index (κ3) is 2.22. The summed E-state index contributed by atoms with van der Waals surface area (Å²) >= 11 is 5.57. The molecule has 1 aliphatic rings. The Balaban J connectivity index is 2.31. The number of hydrogen-bond donors (Lipinski definition) is 3.